The van der Waals surface area contributed by atoms with Crippen molar-refractivity contribution >= 4 is 23.2 Å². The Hall–Kier alpha value is -1.42. The van der Waals surface area contributed by atoms with Gasteiger partial charge in [-0.05, 0) is 36.5 Å². The molecule has 0 bridgehead atoms. The summed E-state index contributed by atoms with van der Waals surface area (Å²) in [5, 5.41) is 6.52. The first-order chi connectivity index (χ1) is 9.23. The predicted molar refractivity (Wildman–Crippen MR) is 78.6 cm³/mol. The number of hydrogen-bond donors (Lipinski definition) is 2. The van der Waals surface area contributed by atoms with Crippen molar-refractivity contribution in [3.8, 4) is 0 Å². The Morgan fingerprint density at radius 1 is 1.11 bits per heavy atom. The average molecular weight is 274 g/mol. The summed E-state index contributed by atoms with van der Waals surface area (Å²) < 4.78 is 0. The van der Waals surface area contributed by atoms with Crippen LogP contribution >= 0.6 is 12.2 Å². The molecule has 1 aliphatic heterocycles. The Labute approximate surface area is 118 Å². The van der Waals surface area contributed by atoms with E-state index in [0.29, 0.717) is 11.0 Å². The Balaban J connectivity index is 2.05. The number of carbonyl (C=O) groups excluding carboxylic acids is 1. The third-order valence-electron chi connectivity index (χ3n) is 4.34. The SMILES string of the molecule is O=C1NC(=S)NC1(c1ccccc1)C1CCCCC1. The van der Waals surface area contributed by atoms with E-state index in [1.165, 1.54) is 19.3 Å². The zero-order valence-electron chi connectivity index (χ0n) is 10.8. The number of carbonyl (C=O) groups is 1. The molecule has 2 aliphatic rings. The van der Waals surface area contributed by atoms with Crippen molar-refractivity contribution in [3.63, 3.8) is 0 Å². The molecule has 1 atom stereocenters. The van der Waals surface area contributed by atoms with Crippen LogP contribution in [0, 0.1) is 5.92 Å². The largest absolute Gasteiger partial charge is 0.344 e. The Morgan fingerprint density at radius 2 is 1.79 bits per heavy atom. The van der Waals surface area contributed by atoms with Crippen molar-refractivity contribution in [2.24, 2.45) is 5.92 Å². The van der Waals surface area contributed by atoms with Crippen LogP contribution in [0.1, 0.15) is 37.7 Å². The molecule has 1 aliphatic carbocycles. The van der Waals surface area contributed by atoms with Crippen molar-refractivity contribution < 1.29 is 4.79 Å². The molecule has 0 radical (unpaired) electrons. The molecule has 2 N–H and O–H groups in total. The number of benzene rings is 1. The van der Waals surface area contributed by atoms with Crippen molar-refractivity contribution in [2.75, 3.05) is 0 Å². The third-order valence-corrected chi connectivity index (χ3v) is 4.55. The third kappa shape index (κ3) is 2.04. The highest BCUT2D eigenvalue weighted by Crippen LogP contribution is 2.41. The maximum Gasteiger partial charge on any atom is 0.256 e. The summed E-state index contributed by atoms with van der Waals surface area (Å²) in [7, 11) is 0. The van der Waals surface area contributed by atoms with Crippen LogP contribution in [-0.2, 0) is 10.3 Å². The van der Waals surface area contributed by atoms with Gasteiger partial charge in [-0.3, -0.25) is 4.79 Å². The molecule has 19 heavy (non-hydrogen) atoms. The highest BCUT2D eigenvalue weighted by atomic mass is 32.1. The molecule has 2 fully saturated rings. The summed E-state index contributed by atoms with van der Waals surface area (Å²) in [5.74, 6) is 0.333. The number of thiocarbonyl (C=S) groups is 1. The molecule has 1 heterocycles. The molecule has 0 spiro atoms. The molecule has 3 nitrogen and oxygen atoms in total. The molecule has 1 unspecified atom stereocenters. The van der Waals surface area contributed by atoms with Crippen LogP contribution in [-0.4, -0.2) is 11.0 Å². The summed E-state index contributed by atoms with van der Waals surface area (Å²) in [6.45, 7) is 0. The second-order valence-corrected chi connectivity index (χ2v) is 5.83. The standard InChI is InChI=1S/C15H18N2OS/c18-13-15(17-14(19)16-13,11-7-3-1-4-8-11)12-9-5-2-6-10-12/h1,3-4,7-8,12H,2,5-6,9-10H2,(H2,16,17,18,19). The lowest BCUT2D eigenvalue weighted by molar-refractivity contribution is -0.126. The van der Waals surface area contributed by atoms with E-state index in [-0.39, 0.29) is 5.91 Å². The number of amides is 1. The molecule has 1 amide bonds. The number of hydrogen-bond acceptors (Lipinski definition) is 2. The summed E-state index contributed by atoms with van der Waals surface area (Å²) in [5.41, 5.74) is 0.373. The molecule has 1 saturated heterocycles. The fourth-order valence-corrected chi connectivity index (χ4v) is 3.69. The second-order valence-electron chi connectivity index (χ2n) is 5.42. The van der Waals surface area contributed by atoms with Gasteiger partial charge in [0.25, 0.3) is 5.91 Å². The van der Waals surface area contributed by atoms with E-state index < -0.39 is 5.54 Å². The lowest BCUT2D eigenvalue weighted by atomic mass is 9.71. The van der Waals surface area contributed by atoms with Crippen LogP contribution in [0.4, 0.5) is 0 Å². The average Bonchev–Trinajstić information content (AvgIpc) is 2.76. The highest BCUT2D eigenvalue weighted by molar-refractivity contribution is 7.80. The molecule has 4 heteroatoms. The molecule has 1 aromatic carbocycles. The summed E-state index contributed by atoms with van der Waals surface area (Å²) in [6, 6.07) is 9.99. The molecular weight excluding hydrogens is 256 g/mol. The van der Waals surface area contributed by atoms with E-state index in [9.17, 15) is 4.79 Å². The van der Waals surface area contributed by atoms with Gasteiger partial charge in [0.1, 0.15) is 5.54 Å². The molecular formula is C15H18N2OS. The quantitative estimate of drug-likeness (QED) is 0.814. The van der Waals surface area contributed by atoms with Crippen molar-refractivity contribution in [3.05, 3.63) is 35.9 Å². The van der Waals surface area contributed by atoms with Crippen LogP contribution in [0.2, 0.25) is 0 Å². The molecule has 3 rings (SSSR count). The van der Waals surface area contributed by atoms with Gasteiger partial charge in [-0.2, -0.15) is 0 Å². The summed E-state index contributed by atoms with van der Waals surface area (Å²) >= 11 is 5.17. The lowest BCUT2D eigenvalue weighted by Gasteiger charge is -2.37. The van der Waals surface area contributed by atoms with E-state index in [4.69, 9.17) is 12.2 Å². The van der Waals surface area contributed by atoms with Crippen molar-refractivity contribution in [2.45, 2.75) is 37.6 Å². The number of nitrogens with one attached hydrogen (secondary N) is 2. The van der Waals surface area contributed by atoms with E-state index in [1.54, 1.807) is 0 Å². The van der Waals surface area contributed by atoms with Gasteiger partial charge in [0.15, 0.2) is 5.11 Å². The van der Waals surface area contributed by atoms with Gasteiger partial charge in [0.05, 0.1) is 0 Å². The zero-order valence-corrected chi connectivity index (χ0v) is 11.6. The van der Waals surface area contributed by atoms with Crippen LogP contribution in [0.25, 0.3) is 0 Å². The summed E-state index contributed by atoms with van der Waals surface area (Å²) in [6.07, 6.45) is 5.82. The monoisotopic (exact) mass is 274 g/mol. The Kier molecular flexibility index (Phi) is 3.27. The minimum absolute atomic E-state index is 0.00981. The van der Waals surface area contributed by atoms with Crippen molar-refractivity contribution in [1.29, 1.82) is 0 Å². The fourth-order valence-electron chi connectivity index (χ4n) is 3.43. The first kappa shape index (κ1) is 12.6. The van der Waals surface area contributed by atoms with Gasteiger partial charge in [-0.15, -0.1) is 0 Å². The van der Waals surface area contributed by atoms with E-state index in [2.05, 4.69) is 10.6 Å². The Bertz CT molecular complexity index is 496. The van der Waals surface area contributed by atoms with Gasteiger partial charge in [-0.1, -0.05) is 49.6 Å². The van der Waals surface area contributed by atoms with Gasteiger partial charge >= 0.3 is 0 Å². The predicted octanol–water partition coefficient (Wildman–Crippen LogP) is 2.47. The summed E-state index contributed by atoms with van der Waals surface area (Å²) in [4.78, 5) is 12.5. The highest BCUT2D eigenvalue weighted by Gasteiger charge is 2.51. The molecule has 100 valence electrons. The minimum Gasteiger partial charge on any atom is -0.344 e. The maximum absolute atomic E-state index is 12.5. The van der Waals surface area contributed by atoms with Gasteiger partial charge < -0.3 is 10.6 Å². The van der Waals surface area contributed by atoms with Gasteiger partial charge in [-0.25, -0.2) is 0 Å². The number of rotatable bonds is 2. The second kappa shape index (κ2) is 4.93. The van der Waals surface area contributed by atoms with E-state index in [0.717, 1.165) is 18.4 Å². The first-order valence-corrected chi connectivity index (χ1v) is 7.33. The van der Waals surface area contributed by atoms with Crippen LogP contribution < -0.4 is 10.6 Å². The van der Waals surface area contributed by atoms with Crippen LogP contribution in [0.3, 0.4) is 0 Å². The van der Waals surface area contributed by atoms with Crippen LogP contribution in [0.5, 0.6) is 0 Å². The molecule has 1 saturated carbocycles. The molecule has 1 aromatic rings. The lowest BCUT2D eigenvalue weighted by Crippen LogP contribution is -2.50. The maximum atomic E-state index is 12.5. The smallest absolute Gasteiger partial charge is 0.256 e. The Morgan fingerprint density at radius 3 is 2.37 bits per heavy atom. The van der Waals surface area contributed by atoms with Crippen LogP contribution in [0.15, 0.2) is 30.3 Å². The van der Waals surface area contributed by atoms with E-state index >= 15 is 0 Å². The normalized spacial score (nSPS) is 28.0. The fraction of sp³-hybridized carbons (Fsp3) is 0.467. The zero-order chi connectivity index (χ0) is 13.3. The van der Waals surface area contributed by atoms with Gasteiger partial charge in [0.2, 0.25) is 0 Å². The van der Waals surface area contributed by atoms with Crippen molar-refractivity contribution in [1.82, 2.24) is 10.6 Å². The minimum atomic E-state index is -0.654. The molecule has 0 aromatic heterocycles. The first-order valence-electron chi connectivity index (χ1n) is 6.92. The topological polar surface area (TPSA) is 41.1 Å². The van der Waals surface area contributed by atoms with E-state index in [1.807, 2.05) is 30.3 Å². The van der Waals surface area contributed by atoms with Gasteiger partial charge in [0, 0.05) is 0 Å².